The van der Waals surface area contributed by atoms with Crippen LogP contribution in [0, 0.1) is 0 Å². The van der Waals surface area contributed by atoms with Gasteiger partial charge in [-0.05, 0) is 12.1 Å². The fraction of sp³-hybridized carbons (Fsp3) is 0.500. The average Bonchev–Trinajstić information content (AvgIpc) is 2.48. The first-order valence-corrected chi connectivity index (χ1v) is 6.78. The van der Waals surface area contributed by atoms with Gasteiger partial charge in [0.05, 0.1) is 30.7 Å². The number of aliphatic hydroxyl groups is 1. The van der Waals surface area contributed by atoms with Crippen LogP contribution in [-0.4, -0.2) is 54.9 Å². The molecule has 1 heterocycles. The van der Waals surface area contributed by atoms with E-state index in [2.05, 4.69) is 10.2 Å². The quantitative estimate of drug-likeness (QED) is 0.674. The van der Waals surface area contributed by atoms with Gasteiger partial charge in [-0.1, -0.05) is 12.1 Å². The lowest BCUT2D eigenvalue weighted by atomic mass is 10.2. The number of hydrogen-bond acceptors (Lipinski definition) is 5. The molecule has 0 bridgehead atoms. The third-order valence-electron chi connectivity index (χ3n) is 3.32. The molecule has 1 unspecified atom stereocenters. The summed E-state index contributed by atoms with van der Waals surface area (Å²) < 4.78 is 5.37. The molecule has 1 amide bonds. The number of nitrogen functional groups attached to an aromatic ring is 1. The number of nitrogens with two attached hydrogens (primary N) is 1. The molecule has 1 aliphatic rings. The van der Waals surface area contributed by atoms with E-state index < -0.39 is 0 Å². The SMILES string of the molecule is Nc1ccccc1NC(=O)CCN1CCOC(CO)C1. The maximum Gasteiger partial charge on any atom is 0.225 e. The van der Waals surface area contributed by atoms with Gasteiger partial charge in [0.25, 0.3) is 0 Å². The number of morpholine rings is 1. The molecule has 1 aromatic rings. The molecule has 1 saturated heterocycles. The molecule has 1 atom stereocenters. The topological polar surface area (TPSA) is 87.8 Å². The van der Waals surface area contributed by atoms with Gasteiger partial charge in [-0.15, -0.1) is 0 Å². The van der Waals surface area contributed by atoms with Crippen LogP contribution in [0.3, 0.4) is 0 Å². The normalized spacial score (nSPS) is 19.8. The van der Waals surface area contributed by atoms with E-state index in [1.54, 1.807) is 12.1 Å². The van der Waals surface area contributed by atoms with Crippen molar-refractivity contribution in [3.05, 3.63) is 24.3 Å². The Hall–Kier alpha value is -1.63. The molecule has 0 saturated carbocycles. The number of para-hydroxylation sites is 2. The van der Waals surface area contributed by atoms with Crippen molar-refractivity contribution in [1.82, 2.24) is 4.90 Å². The maximum atomic E-state index is 11.9. The van der Waals surface area contributed by atoms with Crippen molar-refractivity contribution < 1.29 is 14.6 Å². The monoisotopic (exact) mass is 279 g/mol. The van der Waals surface area contributed by atoms with Crippen LogP contribution in [0.5, 0.6) is 0 Å². The predicted molar refractivity (Wildman–Crippen MR) is 77.4 cm³/mol. The second kappa shape index (κ2) is 7.23. The van der Waals surface area contributed by atoms with Crippen LogP contribution >= 0.6 is 0 Å². The minimum absolute atomic E-state index is 0.0171. The van der Waals surface area contributed by atoms with Gasteiger partial charge in [0.1, 0.15) is 0 Å². The lowest BCUT2D eigenvalue weighted by Crippen LogP contribution is -2.44. The standard InChI is InChI=1S/C14H21N3O3/c15-12-3-1-2-4-13(12)16-14(19)5-6-17-7-8-20-11(9-17)10-18/h1-4,11,18H,5-10,15H2,(H,16,19). The molecule has 6 heteroatoms. The number of nitrogens with zero attached hydrogens (tertiary/aromatic N) is 1. The highest BCUT2D eigenvalue weighted by molar-refractivity contribution is 5.93. The van der Waals surface area contributed by atoms with Crippen molar-refractivity contribution in [1.29, 1.82) is 0 Å². The summed E-state index contributed by atoms with van der Waals surface area (Å²) in [6.45, 7) is 2.72. The molecule has 0 radical (unpaired) electrons. The first-order chi connectivity index (χ1) is 9.69. The summed E-state index contributed by atoms with van der Waals surface area (Å²) in [5.74, 6) is -0.0602. The van der Waals surface area contributed by atoms with Crippen LogP contribution in [0.1, 0.15) is 6.42 Å². The van der Waals surface area contributed by atoms with Crippen LogP contribution in [0.4, 0.5) is 11.4 Å². The smallest absolute Gasteiger partial charge is 0.225 e. The number of carbonyl (C=O) groups excluding carboxylic acids is 1. The number of ether oxygens (including phenoxy) is 1. The van der Waals surface area contributed by atoms with Gasteiger partial charge in [0.2, 0.25) is 5.91 Å². The number of nitrogens with one attached hydrogen (secondary N) is 1. The van der Waals surface area contributed by atoms with E-state index >= 15 is 0 Å². The molecule has 4 N–H and O–H groups in total. The van der Waals surface area contributed by atoms with Crippen molar-refractivity contribution in [3.8, 4) is 0 Å². The minimum atomic E-state index is -0.142. The van der Waals surface area contributed by atoms with Gasteiger partial charge in [-0.25, -0.2) is 0 Å². The molecular weight excluding hydrogens is 258 g/mol. The second-order valence-electron chi connectivity index (χ2n) is 4.86. The fourth-order valence-electron chi connectivity index (χ4n) is 2.18. The highest BCUT2D eigenvalue weighted by Crippen LogP contribution is 2.16. The number of hydrogen-bond donors (Lipinski definition) is 3. The number of amides is 1. The van der Waals surface area contributed by atoms with E-state index in [0.29, 0.717) is 37.5 Å². The van der Waals surface area contributed by atoms with E-state index in [1.807, 2.05) is 12.1 Å². The van der Waals surface area contributed by atoms with E-state index in [4.69, 9.17) is 15.6 Å². The first kappa shape index (κ1) is 14.8. The van der Waals surface area contributed by atoms with Gasteiger partial charge in [-0.2, -0.15) is 0 Å². The largest absolute Gasteiger partial charge is 0.397 e. The van der Waals surface area contributed by atoms with Gasteiger partial charge in [0, 0.05) is 26.1 Å². The van der Waals surface area contributed by atoms with Crippen molar-refractivity contribution in [3.63, 3.8) is 0 Å². The molecule has 110 valence electrons. The highest BCUT2D eigenvalue weighted by atomic mass is 16.5. The van der Waals surface area contributed by atoms with Crippen LogP contribution in [0.2, 0.25) is 0 Å². The van der Waals surface area contributed by atoms with Crippen LogP contribution in [-0.2, 0) is 9.53 Å². The Balaban J connectivity index is 1.76. The predicted octanol–water partition coefficient (Wildman–Crippen LogP) is 0.290. The molecule has 1 aromatic carbocycles. The molecule has 0 aromatic heterocycles. The molecule has 0 aliphatic carbocycles. The average molecular weight is 279 g/mol. The highest BCUT2D eigenvalue weighted by Gasteiger charge is 2.20. The van der Waals surface area contributed by atoms with Crippen molar-refractivity contribution in [2.24, 2.45) is 0 Å². The third kappa shape index (κ3) is 4.19. The molecule has 1 fully saturated rings. The molecule has 20 heavy (non-hydrogen) atoms. The minimum Gasteiger partial charge on any atom is -0.397 e. The van der Waals surface area contributed by atoms with Crippen molar-refractivity contribution >= 4 is 17.3 Å². The lowest BCUT2D eigenvalue weighted by molar-refractivity contribution is -0.117. The Morgan fingerprint density at radius 1 is 1.50 bits per heavy atom. The fourth-order valence-corrected chi connectivity index (χ4v) is 2.18. The Morgan fingerprint density at radius 3 is 3.05 bits per heavy atom. The van der Waals surface area contributed by atoms with E-state index in [1.165, 1.54) is 0 Å². The van der Waals surface area contributed by atoms with E-state index in [9.17, 15) is 4.79 Å². The molecular formula is C14H21N3O3. The zero-order valence-electron chi connectivity index (χ0n) is 11.4. The van der Waals surface area contributed by atoms with Gasteiger partial charge in [-0.3, -0.25) is 9.69 Å². The summed E-state index contributed by atoms with van der Waals surface area (Å²) in [6, 6.07) is 7.20. The Kier molecular flexibility index (Phi) is 5.34. The Bertz CT molecular complexity index is 453. The van der Waals surface area contributed by atoms with Gasteiger partial charge < -0.3 is 20.9 Å². The van der Waals surface area contributed by atoms with E-state index in [-0.39, 0.29) is 18.6 Å². The third-order valence-corrected chi connectivity index (χ3v) is 3.32. The zero-order chi connectivity index (χ0) is 14.4. The number of rotatable bonds is 5. The summed E-state index contributed by atoms with van der Waals surface area (Å²) in [7, 11) is 0. The molecule has 6 nitrogen and oxygen atoms in total. The number of anilines is 2. The van der Waals surface area contributed by atoms with Crippen LogP contribution < -0.4 is 11.1 Å². The van der Waals surface area contributed by atoms with Gasteiger partial charge in [0.15, 0.2) is 0 Å². The van der Waals surface area contributed by atoms with Crippen LogP contribution in [0.15, 0.2) is 24.3 Å². The maximum absolute atomic E-state index is 11.9. The Labute approximate surface area is 118 Å². The first-order valence-electron chi connectivity index (χ1n) is 6.78. The van der Waals surface area contributed by atoms with Crippen molar-refractivity contribution in [2.45, 2.75) is 12.5 Å². The number of aliphatic hydroxyl groups excluding tert-OH is 1. The van der Waals surface area contributed by atoms with E-state index in [0.717, 1.165) is 6.54 Å². The summed E-state index contributed by atoms with van der Waals surface area (Å²) in [5.41, 5.74) is 6.98. The molecule has 1 aliphatic heterocycles. The van der Waals surface area contributed by atoms with Gasteiger partial charge >= 0.3 is 0 Å². The second-order valence-corrected chi connectivity index (χ2v) is 4.86. The zero-order valence-corrected chi connectivity index (χ0v) is 11.4. The molecule has 2 rings (SSSR count). The Morgan fingerprint density at radius 2 is 2.30 bits per heavy atom. The number of carbonyl (C=O) groups is 1. The molecule has 0 spiro atoms. The summed E-state index contributed by atoms with van der Waals surface area (Å²) >= 11 is 0. The lowest BCUT2D eigenvalue weighted by Gasteiger charge is -2.31. The number of benzene rings is 1. The van der Waals surface area contributed by atoms with Crippen molar-refractivity contribution in [2.75, 3.05) is 43.9 Å². The summed E-state index contributed by atoms with van der Waals surface area (Å²) in [4.78, 5) is 14.0. The van der Waals surface area contributed by atoms with Crippen LogP contribution in [0.25, 0.3) is 0 Å². The summed E-state index contributed by atoms with van der Waals surface area (Å²) in [6.07, 6.45) is 0.253. The summed E-state index contributed by atoms with van der Waals surface area (Å²) in [5, 5.41) is 11.9.